The lowest BCUT2D eigenvalue weighted by Gasteiger charge is -2.05. The highest BCUT2D eigenvalue weighted by atomic mass is 79.9. The van der Waals surface area contributed by atoms with Crippen molar-refractivity contribution in [2.75, 3.05) is 0 Å². The molecule has 1 heterocycles. The Hall–Kier alpha value is -0.110. The number of rotatable bonds is 4. The Labute approximate surface area is 133 Å². The lowest BCUT2D eigenvalue weighted by Crippen LogP contribution is -2.22. The van der Waals surface area contributed by atoms with Crippen LogP contribution in [0.3, 0.4) is 0 Å². The molecular weight excluding hydrogens is 393 g/mol. The average Bonchev–Trinajstić information content (AvgIpc) is 2.68. The van der Waals surface area contributed by atoms with Crippen molar-refractivity contribution < 1.29 is 8.42 Å². The van der Waals surface area contributed by atoms with Crippen molar-refractivity contribution in [2.45, 2.75) is 10.8 Å². The third kappa shape index (κ3) is 3.93. The lowest BCUT2D eigenvalue weighted by molar-refractivity contribution is 0.583. The Morgan fingerprint density at radius 1 is 1.26 bits per heavy atom. The fraction of sp³-hybridized carbons (Fsp3) is 0.0909. The van der Waals surface area contributed by atoms with Gasteiger partial charge in [-0.3, -0.25) is 0 Å². The summed E-state index contributed by atoms with van der Waals surface area (Å²) < 4.78 is 27.4. The third-order valence-corrected chi connectivity index (χ3v) is 6.83. The normalized spacial score (nSPS) is 11.7. The van der Waals surface area contributed by atoms with Gasteiger partial charge < -0.3 is 0 Å². The van der Waals surface area contributed by atoms with Crippen molar-refractivity contribution in [3.8, 4) is 0 Å². The minimum atomic E-state index is -3.56. The molecule has 0 bridgehead atoms. The number of nitrogens with one attached hydrogen (secondary N) is 1. The van der Waals surface area contributed by atoms with Crippen LogP contribution in [-0.2, 0) is 16.6 Å². The SMILES string of the molecule is O=S(=O)(NCc1cccc(Cl)c1)c1cc(Cl)c(Br)s1. The van der Waals surface area contributed by atoms with Gasteiger partial charge in [-0.25, -0.2) is 13.1 Å². The number of hydrogen-bond donors (Lipinski definition) is 1. The Kier molecular flexibility index (Phi) is 4.92. The molecule has 0 spiro atoms. The molecule has 0 atom stereocenters. The maximum Gasteiger partial charge on any atom is 0.250 e. The van der Waals surface area contributed by atoms with Gasteiger partial charge in [0.1, 0.15) is 4.21 Å². The zero-order valence-corrected chi connectivity index (χ0v) is 14.1. The highest BCUT2D eigenvalue weighted by Crippen LogP contribution is 2.34. The minimum Gasteiger partial charge on any atom is -0.206 e. The van der Waals surface area contributed by atoms with Gasteiger partial charge in [-0.15, -0.1) is 11.3 Å². The van der Waals surface area contributed by atoms with E-state index in [2.05, 4.69) is 20.7 Å². The summed E-state index contributed by atoms with van der Waals surface area (Å²) in [5, 5.41) is 0.951. The van der Waals surface area contributed by atoms with Crippen LogP contribution in [0, 0.1) is 0 Å². The van der Waals surface area contributed by atoms with Crippen LogP contribution in [0.2, 0.25) is 10.0 Å². The molecule has 0 saturated carbocycles. The zero-order chi connectivity index (χ0) is 14.0. The molecule has 0 amide bonds. The molecule has 1 N–H and O–H groups in total. The van der Waals surface area contributed by atoms with E-state index in [4.69, 9.17) is 23.2 Å². The summed E-state index contributed by atoms with van der Waals surface area (Å²) in [6.45, 7) is 0.177. The van der Waals surface area contributed by atoms with E-state index >= 15 is 0 Å². The molecule has 0 saturated heterocycles. The molecule has 3 nitrogen and oxygen atoms in total. The van der Waals surface area contributed by atoms with Gasteiger partial charge in [0.15, 0.2) is 0 Å². The second-order valence-corrected chi connectivity index (χ2v) is 8.85. The van der Waals surface area contributed by atoms with Crippen LogP contribution in [0.15, 0.2) is 38.3 Å². The average molecular weight is 401 g/mol. The predicted molar refractivity (Wildman–Crippen MR) is 82.5 cm³/mol. The monoisotopic (exact) mass is 399 g/mol. The predicted octanol–water partition coefficient (Wildman–Crippen LogP) is 4.30. The second kappa shape index (κ2) is 6.11. The number of thiophene rings is 1. The molecule has 0 unspecified atom stereocenters. The first-order valence-corrected chi connectivity index (χ1v) is 8.92. The molecule has 1 aromatic carbocycles. The summed E-state index contributed by atoms with van der Waals surface area (Å²) in [7, 11) is -3.56. The zero-order valence-electron chi connectivity index (χ0n) is 9.36. The van der Waals surface area contributed by atoms with Crippen molar-refractivity contribution in [1.29, 1.82) is 0 Å². The molecule has 0 radical (unpaired) electrons. The molecule has 19 heavy (non-hydrogen) atoms. The minimum absolute atomic E-state index is 0.173. The van der Waals surface area contributed by atoms with Gasteiger partial charge in [0.2, 0.25) is 10.0 Å². The van der Waals surface area contributed by atoms with Crippen LogP contribution in [0.25, 0.3) is 0 Å². The van der Waals surface area contributed by atoms with E-state index < -0.39 is 10.0 Å². The number of sulfonamides is 1. The molecule has 8 heteroatoms. The Morgan fingerprint density at radius 3 is 2.58 bits per heavy atom. The highest BCUT2D eigenvalue weighted by molar-refractivity contribution is 9.11. The van der Waals surface area contributed by atoms with Crippen molar-refractivity contribution in [2.24, 2.45) is 0 Å². The fourth-order valence-corrected chi connectivity index (χ4v) is 5.03. The Bertz CT molecular complexity index is 681. The van der Waals surface area contributed by atoms with E-state index in [1.54, 1.807) is 24.3 Å². The molecular formula is C11H8BrCl2NO2S2. The van der Waals surface area contributed by atoms with Crippen molar-refractivity contribution in [3.63, 3.8) is 0 Å². The topological polar surface area (TPSA) is 46.2 Å². The van der Waals surface area contributed by atoms with Crippen LogP contribution < -0.4 is 4.72 Å². The maximum absolute atomic E-state index is 12.0. The summed E-state index contributed by atoms with van der Waals surface area (Å²) in [6, 6.07) is 8.42. The van der Waals surface area contributed by atoms with E-state index in [-0.39, 0.29) is 10.8 Å². The van der Waals surface area contributed by atoms with Crippen molar-refractivity contribution in [3.05, 3.63) is 49.7 Å². The largest absolute Gasteiger partial charge is 0.250 e. The van der Waals surface area contributed by atoms with Gasteiger partial charge in [-0.2, -0.15) is 0 Å². The van der Waals surface area contributed by atoms with Crippen molar-refractivity contribution >= 4 is 60.5 Å². The van der Waals surface area contributed by atoms with Crippen LogP contribution in [0.4, 0.5) is 0 Å². The highest BCUT2D eigenvalue weighted by Gasteiger charge is 2.18. The van der Waals surface area contributed by atoms with E-state index in [0.717, 1.165) is 16.9 Å². The van der Waals surface area contributed by atoms with Crippen LogP contribution >= 0.6 is 50.5 Å². The molecule has 0 aliphatic carbocycles. The number of hydrogen-bond acceptors (Lipinski definition) is 3. The van der Waals surface area contributed by atoms with E-state index in [0.29, 0.717) is 13.8 Å². The van der Waals surface area contributed by atoms with E-state index in [1.165, 1.54) is 6.07 Å². The smallest absolute Gasteiger partial charge is 0.206 e. The first kappa shape index (κ1) is 15.3. The van der Waals surface area contributed by atoms with Crippen molar-refractivity contribution in [1.82, 2.24) is 4.72 Å². The quantitative estimate of drug-likeness (QED) is 0.831. The van der Waals surface area contributed by atoms with Crippen LogP contribution in [0.1, 0.15) is 5.56 Å². The van der Waals surface area contributed by atoms with E-state index in [1.807, 2.05) is 0 Å². The summed E-state index contributed by atoms with van der Waals surface area (Å²) in [6.07, 6.45) is 0. The van der Waals surface area contributed by atoms with E-state index in [9.17, 15) is 8.42 Å². The van der Waals surface area contributed by atoms with Gasteiger partial charge >= 0.3 is 0 Å². The van der Waals surface area contributed by atoms with Gasteiger partial charge in [0.05, 0.1) is 8.81 Å². The summed E-state index contributed by atoms with van der Waals surface area (Å²) in [5.41, 5.74) is 0.790. The molecule has 0 aliphatic rings. The van der Waals surface area contributed by atoms with Gasteiger partial charge in [0.25, 0.3) is 0 Å². The molecule has 0 fully saturated rings. The number of benzene rings is 1. The molecule has 1 aromatic heterocycles. The first-order chi connectivity index (χ1) is 8.88. The Morgan fingerprint density at radius 2 is 2.00 bits per heavy atom. The maximum atomic E-state index is 12.0. The second-order valence-electron chi connectivity index (χ2n) is 3.64. The van der Waals surface area contributed by atoms with Gasteiger partial charge in [0, 0.05) is 11.6 Å². The molecule has 2 rings (SSSR count). The lowest BCUT2D eigenvalue weighted by atomic mass is 10.2. The van der Waals surface area contributed by atoms with Crippen LogP contribution in [-0.4, -0.2) is 8.42 Å². The first-order valence-electron chi connectivity index (χ1n) is 5.07. The summed E-state index contributed by atoms with van der Waals surface area (Å²) in [5.74, 6) is 0. The third-order valence-electron chi connectivity index (χ3n) is 2.24. The molecule has 2 aromatic rings. The number of halogens is 3. The van der Waals surface area contributed by atoms with Gasteiger partial charge in [-0.05, 0) is 39.7 Å². The summed E-state index contributed by atoms with van der Waals surface area (Å²) >= 11 is 15.9. The molecule has 102 valence electrons. The van der Waals surface area contributed by atoms with Crippen LogP contribution in [0.5, 0.6) is 0 Å². The molecule has 0 aliphatic heterocycles. The standard InChI is InChI=1S/C11H8BrCl2NO2S2/c12-11-9(14)5-10(18-11)19(16,17)15-6-7-2-1-3-8(13)4-7/h1-5,15H,6H2. The summed E-state index contributed by atoms with van der Waals surface area (Å²) in [4.78, 5) is 0. The fourth-order valence-electron chi connectivity index (χ4n) is 1.36. The van der Waals surface area contributed by atoms with Gasteiger partial charge in [-0.1, -0.05) is 35.3 Å². The Balaban J connectivity index is 2.14.